The molecule has 2 aromatic rings. The largest absolute Gasteiger partial charge is 0.416 e. The molecule has 0 bridgehead atoms. The first kappa shape index (κ1) is 22.8. The maximum atomic E-state index is 13.3. The molecule has 0 aliphatic rings. The highest BCUT2D eigenvalue weighted by Crippen LogP contribution is 2.34. The predicted molar refractivity (Wildman–Crippen MR) is 110 cm³/mol. The molecule has 2 rings (SSSR count). The van der Waals surface area contributed by atoms with Crippen molar-refractivity contribution >= 4 is 5.69 Å². The van der Waals surface area contributed by atoms with Crippen molar-refractivity contribution in [1.82, 2.24) is 5.32 Å². The van der Waals surface area contributed by atoms with Crippen LogP contribution in [0.4, 0.5) is 18.9 Å². The number of allylic oxidation sites excluding steroid dienone is 1. The zero-order valence-corrected chi connectivity index (χ0v) is 16.7. The zero-order valence-electron chi connectivity index (χ0n) is 16.7. The number of alkyl halides is 3. The molecule has 0 amide bonds. The molecule has 0 heterocycles. The fourth-order valence-electron chi connectivity index (χ4n) is 2.97. The van der Waals surface area contributed by atoms with Gasteiger partial charge in [0.05, 0.1) is 12.2 Å². The van der Waals surface area contributed by atoms with E-state index in [1.54, 1.807) is 13.2 Å². The topological polar surface area (TPSA) is 59.3 Å². The second-order valence-corrected chi connectivity index (χ2v) is 6.66. The van der Waals surface area contributed by atoms with Gasteiger partial charge in [0.15, 0.2) is 0 Å². The highest BCUT2D eigenvalue weighted by atomic mass is 19.4. The Morgan fingerprint density at radius 2 is 1.83 bits per heavy atom. The molecule has 0 spiro atoms. The normalized spacial score (nSPS) is 13.2. The van der Waals surface area contributed by atoms with Gasteiger partial charge in [-0.1, -0.05) is 49.4 Å². The average molecular weight is 407 g/mol. The number of ether oxygens (including phenoxy) is 1. The second kappa shape index (κ2) is 10.9. The first-order valence-corrected chi connectivity index (χ1v) is 9.54. The summed E-state index contributed by atoms with van der Waals surface area (Å²) in [6, 6.07) is 12.8. The second-order valence-electron chi connectivity index (χ2n) is 6.66. The first-order chi connectivity index (χ1) is 13.9. The van der Waals surface area contributed by atoms with E-state index in [1.807, 2.05) is 30.3 Å². The van der Waals surface area contributed by atoms with Crippen molar-refractivity contribution < 1.29 is 17.9 Å². The number of hydrogen-bond acceptors (Lipinski definition) is 4. The molecular weight excluding hydrogens is 379 g/mol. The van der Waals surface area contributed by atoms with Gasteiger partial charge >= 0.3 is 6.18 Å². The number of methoxy groups -OCH3 is 1. The molecule has 0 aliphatic heterocycles. The molecule has 7 heteroatoms. The number of hydrogen-bond donors (Lipinski definition) is 3. The van der Waals surface area contributed by atoms with E-state index >= 15 is 0 Å². The van der Waals surface area contributed by atoms with Crippen molar-refractivity contribution in [3.05, 3.63) is 77.0 Å². The molecule has 29 heavy (non-hydrogen) atoms. The van der Waals surface area contributed by atoms with Crippen molar-refractivity contribution in [3.8, 4) is 0 Å². The van der Waals surface area contributed by atoms with Crippen LogP contribution in [-0.4, -0.2) is 20.3 Å². The Morgan fingerprint density at radius 3 is 2.52 bits per heavy atom. The van der Waals surface area contributed by atoms with Crippen LogP contribution in [0.15, 0.2) is 60.3 Å². The summed E-state index contributed by atoms with van der Waals surface area (Å²) in [4.78, 5) is 0. The third-order valence-electron chi connectivity index (χ3n) is 4.40. The van der Waals surface area contributed by atoms with E-state index < -0.39 is 17.9 Å². The molecule has 1 atom stereocenters. The minimum Gasteiger partial charge on any atom is -0.387 e. The molecule has 4 nitrogen and oxygen atoms in total. The van der Waals surface area contributed by atoms with Crippen LogP contribution in [0.2, 0.25) is 0 Å². The van der Waals surface area contributed by atoms with Gasteiger partial charge in [-0.3, -0.25) is 0 Å². The zero-order chi connectivity index (χ0) is 21.3. The van der Waals surface area contributed by atoms with Gasteiger partial charge in [-0.05, 0) is 30.5 Å². The van der Waals surface area contributed by atoms with Gasteiger partial charge in [0.1, 0.15) is 6.17 Å². The van der Waals surface area contributed by atoms with Crippen molar-refractivity contribution in [1.29, 1.82) is 0 Å². The van der Waals surface area contributed by atoms with Gasteiger partial charge in [-0.25, -0.2) is 0 Å². The van der Waals surface area contributed by atoms with E-state index in [0.717, 1.165) is 30.3 Å². The lowest BCUT2D eigenvalue weighted by Crippen LogP contribution is -2.24. The smallest absolute Gasteiger partial charge is 0.387 e. The van der Waals surface area contributed by atoms with Gasteiger partial charge in [0, 0.05) is 30.6 Å². The van der Waals surface area contributed by atoms with Gasteiger partial charge in [0.2, 0.25) is 0 Å². The maximum Gasteiger partial charge on any atom is 0.416 e. The molecule has 0 aromatic heterocycles. The molecule has 4 N–H and O–H groups in total. The predicted octanol–water partition coefficient (Wildman–Crippen LogP) is 4.85. The van der Waals surface area contributed by atoms with Crippen LogP contribution in [0.3, 0.4) is 0 Å². The van der Waals surface area contributed by atoms with Crippen molar-refractivity contribution in [2.45, 2.75) is 32.1 Å². The minimum absolute atomic E-state index is 0.00929. The number of halogens is 3. The van der Waals surface area contributed by atoms with E-state index in [2.05, 4.69) is 17.6 Å². The number of para-hydroxylation sites is 1. The summed E-state index contributed by atoms with van der Waals surface area (Å²) in [5.74, 6) is 0. The number of rotatable bonds is 10. The van der Waals surface area contributed by atoms with Gasteiger partial charge in [-0.2, -0.15) is 13.2 Å². The van der Waals surface area contributed by atoms with Crippen LogP contribution in [0.1, 0.15) is 36.2 Å². The van der Waals surface area contributed by atoms with Crippen molar-refractivity contribution in [2.75, 3.05) is 25.6 Å². The van der Waals surface area contributed by atoms with E-state index in [0.29, 0.717) is 18.7 Å². The van der Waals surface area contributed by atoms with Crippen LogP contribution in [0.25, 0.3) is 0 Å². The number of nitrogens with two attached hydrogens (primary N) is 1. The Balaban J connectivity index is 2.21. The standard InChI is InChI=1S/C22H28F3N3O/c1-3-14-27-17(15-29-2)13-12-16-8-4-7-11-20(16)28-21(26)18-9-5-6-10-19(18)22(23,24)25/h4-11,13,21,27-28H,3,12,14-15,26H2,1-2H3/b17-13-. The molecule has 0 aliphatic carbocycles. The van der Waals surface area contributed by atoms with E-state index in [-0.39, 0.29) is 5.56 Å². The summed E-state index contributed by atoms with van der Waals surface area (Å²) in [5, 5.41) is 6.35. The van der Waals surface area contributed by atoms with Gasteiger partial charge in [-0.15, -0.1) is 0 Å². The van der Waals surface area contributed by atoms with Crippen molar-refractivity contribution in [3.63, 3.8) is 0 Å². The lowest BCUT2D eigenvalue weighted by Gasteiger charge is -2.21. The summed E-state index contributed by atoms with van der Waals surface area (Å²) in [7, 11) is 1.63. The molecule has 158 valence electrons. The summed E-state index contributed by atoms with van der Waals surface area (Å²) in [6.45, 7) is 3.39. The van der Waals surface area contributed by atoms with E-state index in [4.69, 9.17) is 10.5 Å². The Bertz CT molecular complexity index is 806. The van der Waals surface area contributed by atoms with Gasteiger partial charge in [0.25, 0.3) is 0 Å². The quantitative estimate of drug-likeness (QED) is 0.493. The summed E-state index contributed by atoms with van der Waals surface area (Å²) in [6.07, 6.45) is -1.85. The Kier molecular flexibility index (Phi) is 8.54. The third-order valence-corrected chi connectivity index (χ3v) is 4.40. The summed E-state index contributed by atoms with van der Waals surface area (Å²) in [5.41, 5.74) is 7.97. The highest BCUT2D eigenvalue weighted by Gasteiger charge is 2.34. The van der Waals surface area contributed by atoms with Crippen LogP contribution >= 0.6 is 0 Å². The lowest BCUT2D eigenvalue weighted by atomic mass is 10.0. The summed E-state index contributed by atoms with van der Waals surface area (Å²) < 4.78 is 45.1. The van der Waals surface area contributed by atoms with Crippen LogP contribution in [-0.2, 0) is 17.3 Å². The average Bonchev–Trinajstić information content (AvgIpc) is 2.70. The minimum atomic E-state index is -4.46. The molecule has 0 fully saturated rings. The fraction of sp³-hybridized carbons (Fsp3) is 0.364. The monoisotopic (exact) mass is 407 g/mol. The molecule has 0 saturated heterocycles. The van der Waals surface area contributed by atoms with Crippen LogP contribution in [0.5, 0.6) is 0 Å². The number of benzene rings is 2. The summed E-state index contributed by atoms with van der Waals surface area (Å²) >= 11 is 0. The highest BCUT2D eigenvalue weighted by molar-refractivity contribution is 5.54. The first-order valence-electron chi connectivity index (χ1n) is 9.54. The Hall–Kier alpha value is -2.51. The van der Waals surface area contributed by atoms with E-state index in [9.17, 15) is 13.2 Å². The molecule has 2 aromatic carbocycles. The molecular formula is C22H28F3N3O. The maximum absolute atomic E-state index is 13.3. The van der Waals surface area contributed by atoms with Crippen molar-refractivity contribution in [2.24, 2.45) is 5.73 Å². The SMILES string of the molecule is CCCN/C(=C\Cc1ccccc1NC(N)c1ccccc1C(F)(F)F)COC. The number of nitrogens with one attached hydrogen (secondary N) is 2. The van der Waals surface area contributed by atoms with Crippen LogP contribution < -0.4 is 16.4 Å². The van der Waals surface area contributed by atoms with E-state index in [1.165, 1.54) is 12.1 Å². The molecule has 0 saturated carbocycles. The van der Waals surface area contributed by atoms with Crippen LogP contribution in [0, 0.1) is 0 Å². The lowest BCUT2D eigenvalue weighted by molar-refractivity contribution is -0.138. The number of anilines is 1. The van der Waals surface area contributed by atoms with Gasteiger partial charge < -0.3 is 21.1 Å². The Labute approximate surface area is 169 Å². The third kappa shape index (κ3) is 6.80. The Morgan fingerprint density at radius 1 is 1.14 bits per heavy atom. The molecule has 1 unspecified atom stereocenters. The molecule has 0 radical (unpaired) electrons. The fourth-order valence-corrected chi connectivity index (χ4v) is 2.97.